The Morgan fingerprint density at radius 1 is 0.929 bits per heavy atom. The number of nitrogens with one attached hydrogen (secondary N) is 2. The first-order valence-electron chi connectivity index (χ1n) is 22.5. The van der Waals surface area contributed by atoms with Crippen molar-refractivity contribution in [1.29, 1.82) is 0 Å². The maximum atomic E-state index is 13.1. The lowest BCUT2D eigenvalue weighted by molar-refractivity contribution is -0.137. The van der Waals surface area contributed by atoms with Gasteiger partial charge in [0, 0.05) is 36.8 Å². The third kappa shape index (κ3) is 15.2. The number of imidazole rings is 1. The van der Waals surface area contributed by atoms with E-state index in [1.165, 1.54) is 25.0 Å². The normalized spacial score (nSPS) is 22.6. The molecule has 0 radical (unpaired) electrons. The molecule has 0 bridgehead atoms. The van der Waals surface area contributed by atoms with E-state index in [2.05, 4.69) is 58.7 Å². The van der Waals surface area contributed by atoms with Gasteiger partial charge in [0.2, 0.25) is 11.8 Å². The topological polar surface area (TPSA) is 390 Å². The fourth-order valence-electron chi connectivity index (χ4n) is 8.13. The fourth-order valence-corrected chi connectivity index (χ4v) is 11.0. The molecule has 7 atom stereocenters. The smallest absolute Gasteiger partial charge is 0.461 e. The predicted molar refractivity (Wildman–Crippen MR) is 242 cm³/mol. The molecule has 3 aromatic rings. The molecule has 2 amide bonds. The number of carbonyl (C=O) groups excluding carboxylic acids is 4. The maximum Gasteiger partial charge on any atom is 0.481 e. The van der Waals surface area contributed by atoms with Crippen molar-refractivity contribution in [1.82, 2.24) is 30.2 Å². The van der Waals surface area contributed by atoms with E-state index in [1.807, 2.05) is 0 Å². The number of Topliss-reactive ketones (excluding diaryl/α,β-unsaturated/α-hetero) is 1. The van der Waals surface area contributed by atoms with Gasteiger partial charge in [-0.25, -0.2) is 28.6 Å². The lowest BCUT2D eigenvalue weighted by Crippen LogP contribution is -2.46. The number of nitrogen functional groups attached to an aromatic ring is 1. The molecule has 388 valence electrons. The van der Waals surface area contributed by atoms with Crippen LogP contribution in [0.1, 0.15) is 95.4 Å². The molecule has 2 saturated carbocycles. The molecule has 1 aromatic carbocycles. The molecule has 26 nitrogen and oxygen atoms in total. The molecule has 2 aliphatic carbocycles. The number of nitrogens with zero attached hydrogens (tertiary/aromatic N) is 4. The van der Waals surface area contributed by atoms with E-state index >= 15 is 0 Å². The van der Waals surface area contributed by atoms with Crippen LogP contribution in [-0.4, -0.2) is 130 Å². The van der Waals surface area contributed by atoms with Crippen molar-refractivity contribution in [3.8, 4) is 0 Å². The van der Waals surface area contributed by atoms with Crippen LogP contribution in [0.25, 0.3) is 11.2 Å². The second-order valence-electron chi connectivity index (χ2n) is 18.4. The van der Waals surface area contributed by atoms with Crippen molar-refractivity contribution in [2.45, 2.75) is 127 Å². The van der Waals surface area contributed by atoms with Gasteiger partial charge in [0.1, 0.15) is 47.6 Å². The summed E-state index contributed by atoms with van der Waals surface area (Å²) in [6.07, 6.45) is 1.78. The van der Waals surface area contributed by atoms with Crippen LogP contribution >= 0.6 is 23.5 Å². The first-order chi connectivity index (χ1) is 32.9. The number of benzene rings is 1. The summed E-state index contributed by atoms with van der Waals surface area (Å²) >= 11 is 0. The van der Waals surface area contributed by atoms with Crippen molar-refractivity contribution in [2.75, 3.05) is 32.0 Å². The number of amides is 2. The van der Waals surface area contributed by atoms with E-state index in [4.69, 9.17) is 24.3 Å². The number of hydrogen-bond acceptors (Lipinski definition) is 19. The molecule has 3 fully saturated rings. The SMILES string of the molecule is CC(C)(COP(=O)(O)OP(=O)(O)OCC1OC(n2cnc3c(N)ncnc32)C(O)C1OP(=O)(O)O)C(O)C(=O)NCCC(=O)NCCC(=O)C1(CCCc2ccc(CCCC3(OC=O)CC3)cc2)CC1. The molecule has 7 unspecified atom stereocenters. The number of aryl methyl sites for hydroxylation is 2. The zero-order chi connectivity index (χ0) is 51.1. The zero-order valence-corrected chi connectivity index (χ0v) is 41.1. The molecule has 6 rings (SSSR count). The summed E-state index contributed by atoms with van der Waals surface area (Å²) in [4.78, 5) is 100. The minimum atomic E-state index is -5.59. The average molecular weight is 1050 g/mol. The quantitative estimate of drug-likeness (QED) is 0.0341. The number of rotatable bonds is 30. The fraction of sp³-hybridized carbons (Fsp3) is 0.634. The summed E-state index contributed by atoms with van der Waals surface area (Å²) in [5.74, 6) is -1.40. The van der Waals surface area contributed by atoms with Crippen LogP contribution in [-0.2, 0) is 73.1 Å². The molecule has 3 heterocycles. The van der Waals surface area contributed by atoms with Crippen molar-refractivity contribution >= 4 is 64.5 Å². The summed E-state index contributed by atoms with van der Waals surface area (Å²) in [7, 11) is -16.5. The third-order valence-corrected chi connectivity index (χ3v) is 15.6. The van der Waals surface area contributed by atoms with E-state index in [0.717, 1.165) is 81.4 Å². The molecule has 2 aromatic heterocycles. The Labute approximate surface area is 401 Å². The maximum absolute atomic E-state index is 13.1. The number of anilines is 1. The largest absolute Gasteiger partial charge is 0.481 e. The Morgan fingerprint density at radius 2 is 1.56 bits per heavy atom. The van der Waals surface area contributed by atoms with Crippen molar-refractivity contribution in [2.24, 2.45) is 10.8 Å². The highest BCUT2D eigenvalue weighted by molar-refractivity contribution is 7.61. The van der Waals surface area contributed by atoms with Crippen LogP contribution in [0.5, 0.6) is 0 Å². The summed E-state index contributed by atoms with van der Waals surface area (Å²) in [6.45, 7) is 0.911. The summed E-state index contributed by atoms with van der Waals surface area (Å²) < 4.78 is 67.8. The van der Waals surface area contributed by atoms with Gasteiger partial charge >= 0.3 is 23.5 Å². The Hall–Kier alpha value is -4.10. The molecule has 0 spiro atoms. The van der Waals surface area contributed by atoms with E-state index in [-0.39, 0.29) is 59.7 Å². The van der Waals surface area contributed by atoms with Gasteiger partial charge in [0.05, 0.1) is 19.5 Å². The average Bonchev–Trinajstić information content (AvgIpc) is 4.18. The van der Waals surface area contributed by atoms with Gasteiger partial charge in [-0.2, -0.15) is 4.31 Å². The van der Waals surface area contributed by atoms with Crippen molar-refractivity contribution in [3.63, 3.8) is 0 Å². The van der Waals surface area contributed by atoms with Crippen LogP contribution in [0.4, 0.5) is 5.82 Å². The molecule has 10 N–H and O–H groups in total. The number of hydrogen-bond donors (Lipinski definition) is 9. The summed E-state index contributed by atoms with van der Waals surface area (Å²) in [6, 6.07) is 8.45. The number of phosphoric ester groups is 3. The molecule has 3 aliphatic rings. The van der Waals surface area contributed by atoms with E-state index in [9.17, 15) is 62.7 Å². The molecular formula is C41H60N7O19P3. The minimum absolute atomic E-state index is 0.0273. The monoisotopic (exact) mass is 1050 g/mol. The third-order valence-electron chi connectivity index (χ3n) is 12.5. The predicted octanol–water partition coefficient (Wildman–Crippen LogP) is 2.20. The number of aliphatic hydroxyl groups is 2. The standard InChI is InChI=1S/C41H60N7O19P3/c1-39(2,22-64-70(60,61)67-69(58,59)63-21-28-33(66-68(55,56)57)32(52)38(65-28)48-24-47-31-35(42)45-23-46-36(31)48)34(53)37(54)44-20-12-30(51)43-19-11-29(50)40(15-16-40)13-3-5-26-7-9-27(10-8-26)6-4-14-41(17-18-41)62-25-49/h7-10,23-25,28,32-34,38,52-53H,3-6,11-22H2,1-2H3,(H,43,51)(H,44,54)(H,58,59)(H,60,61)(H2,42,45,46)(H2,55,56,57). The lowest BCUT2D eigenvalue weighted by atomic mass is 9.87. The van der Waals surface area contributed by atoms with Crippen LogP contribution < -0.4 is 16.4 Å². The number of aromatic nitrogens is 4. The summed E-state index contributed by atoms with van der Waals surface area (Å²) in [5, 5.41) is 26.7. The van der Waals surface area contributed by atoms with E-state index in [1.54, 1.807) is 0 Å². The molecule has 70 heavy (non-hydrogen) atoms. The second-order valence-corrected chi connectivity index (χ2v) is 22.7. The highest BCUT2D eigenvalue weighted by atomic mass is 31.3. The van der Waals surface area contributed by atoms with Crippen LogP contribution in [0.2, 0.25) is 0 Å². The van der Waals surface area contributed by atoms with Crippen molar-refractivity contribution in [3.05, 3.63) is 48.0 Å². The highest BCUT2D eigenvalue weighted by Crippen LogP contribution is 2.61. The minimum Gasteiger partial charge on any atom is -0.461 e. The van der Waals surface area contributed by atoms with Gasteiger partial charge in [0.15, 0.2) is 17.7 Å². The number of fused-ring (bicyclic) bond motifs is 1. The van der Waals surface area contributed by atoms with Crippen molar-refractivity contribution < 1.29 is 90.0 Å². The molecule has 29 heteroatoms. The van der Waals surface area contributed by atoms with E-state index in [0.29, 0.717) is 6.47 Å². The lowest BCUT2D eigenvalue weighted by Gasteiger charge is -2.30. The van der Waals surface area contributed by atoms with E-state index < -0.39 is 84.6 Å². The number of ether oxygens (including phenoxy) is 2. The number of ketones is 1. The number of phosphoric acid groups is 3. The van der Waals surface area contributed by atoms with Gasteiger partial charge in [-0.05, 0) is 75.3 Å². The number of aliphatic hydroxyl groups excluding tert-OH is 2. The Balaban J connectivity index is 0.863. The Morgan fingerprint density at radius 3 is 2.17 bits per heavy atom. The first kappa shape index (κ1) is 55.2. The van der Waals surface area contributed by atoms with Gasteiger partial charge in [-0.1, -0.05) is 38.1 Å². The first-order valence-corrected chi connectivity index (χ1v) is 27.0. The number of nitrogens with two attached hydrogens (primary N) is 1. The Bertz CT molecular complexity index is 2480. The summed E-state index contributed by atoms with van der Waals surface area (Å²) in [5.41, 5.74) is 6.05. The van der Waals surface area contributed by atoms with Gasteiger partial charge in [-0.3, -0.25) is 37.3 Å². The molecule has 1 saturated heterocycles. The second kappa shape index (κ2) is 22.8. The molecular weight excluding hydrogens is 987 g/mol. The molecule has 1 aliphatic heterocycles. The van der Waals surface area contributed by atoms with Gasteiger partial charge in [0.25, 0.3) is 6.47 Å². The van der Waals surface area contributed by atoms with Crippen LogP contribution in [0.3, 0.4) is 0 Å². The Kier molecular flexibility index (Phi) is 18.0. The number of carbonyl (C=O) groups is 4. The van der Waals surface area contributed by atoms with Gasteiger partial charge < -0.3 is 55.6 Å². The zero-order valence-electron chi connectivity index (χ0n) is 38.4. The van der Waals surface area contributed by atoms with Crippen LogP contribution in [0, 0.1) is 10.8 Å². The highest BCUT2D eigenvalue weighted by Gasteiger charge is 2.51. The van der Waals surface area contributed by atoms with Gasteiger partial charge in [-0.15, -0.1) is 0 Å². The van der Waals surface area contributed by atoms with Crippen LogP contribution in [0.15, 0.2) is 36.9 Å².